The molecule has 32 heavy (non-hydrogen) atoms. The molecule has 1 aromatic heterocycles. The molecule has 2 heterocycles. The maximum Gasteiger partial charge on any atom is 0.128 e. The highest BCUT2D eigenvalue weighted by Crippen LogP contribution is 2.52. The van der Waals surface area contributed by atoms with Crippen molar-refractivity contribution in [2.75, 3.05) is 4.90 Å². The lowest BCUT2D eigenvalue weighted by Gasteiger charge is -2.42. The van der Waals surface area contributed by atoms with Crippen LogP contribution in [0.4, 0.5) is 17.1 Å². The fourth-order valence-corrected chi connectivity index (χ4v) is 5.77. The van der Waals surface area contributed by atoms with Crippen molar-refractivity contribution >= 4 is 38.6 Å². The highest BCUT2D eigenvalue weighted by atomic mass is 32.1. The predicted molar refractivity (Wildman–Crippen MR) is 134 cm³/mol. The van der Waals surface area contributed by atoms with Crippen LogP contribution in [-0.2, 0) is 5.41 Å². The first kappa shape index (κ1) is 19.1. The molecule has 3 nitrogen and oxygen atoms in total. The van der Waals surface area contributed by atoms with Gasteiger partial charge in [0.25, 0.3) is 0 Å². The Morgan fingerprint density at radius 2 is 1.41 bits per heavy atom. The van der Waals surface area contributed by atoms with Crippen LogP contribution in [0.25, 0.3) is 20.8 Å². The Kier molecular flexibility index (Phi) is 4.14. The van der Waals surface area contributed by atoms with Gasteiger partial charge in [0.05, 0.1) is 27.2 Å². The molecule has 0 aliphatic carbocycles. The summed E-state index contributed by atoms with van der Waals surface area (Å²) in [7, 11) is 0. The number of fused-ring (bicyclic) bond motifs is 3. The Labute approximate surface area is 191 Å². The molecular formula is C28H22N2OS. The third kappa shape index (κ3) is 2.76. The highest BCUT2D eigenvalue weighted by molar-refractivity contribution is 7.21. The SMILES string of the molecule is CC1(C)c2ccccc2N(c2ccc(-c3nc4ccccc4s3)c(O)c2)c2ccccc21. The van der Waals surface area contributed by atoms with E-state index in [1.54, 1.807) is 11.3 Å². The normalized spacial score (nSPS) is 14.2. The zero-order chi connectivity index (χ0) is 21.9. The first-order chi connectivity index (χ1) is 15.5. The van der Waals surface area contributed by atoms with E-state index in [9.17, 15) is 5.11 Å². The second-order valence-electron chi connectivity index (χ2n) is 8.68. The van der Waals surface area contributed by atoms with Crippen molar-refractivity contribution in [1.82, 2.24) is 4.98 Å². The Morgan fingerprint density at radius 1 is 0.781 bits per heavy atom. The van der Waals surface area contributed by atoms with Gasteiger partial charge in [0.2, 0.25) is 0 Å². The van der Waals surface area contributed by atoms with E-state index < -0.39 is 0 Å². The molecule has 1 aliphatic rings. The van der Waals surface area contributed by atoms with E-state index in [0.717, 1.165) is 37.8 Å². The fourth-order valence-electron chi connectivity index (χ4n) is 4.77. The van der Waals surface area contributed by atoms with Gasteiger partial charge in [-0.1, -0.05) is 62.4 Å². The van der Waals surface area contributed by atoms with Crippen LogP contribution in [0.15, 0.2) is 91.0 Å². The molecule has 1 N–H and O–H groups in total. The number of anilines is 3. The second kappa shape index (κ2) is 6.94. The van der Waals surface area contributed by atoms with E-state index in [-0.39, 0.29) is 11.2 Å². The summed E-state index contributed by atoms with van der Waals surface area (Å²) < 4.78 is 1.12. The first-order valence-electron chi connectivity index (χ1n) is 10.7. The number of hydrogen-bond donors (Lipinski definition) is 1. The summed E-state index contributed by atoms with van der Waals surface area (Å²) in [6, 6.07) is 31.0. The van der Waals surface area contributed by atoms with Crippen molar-refractivity contribution < 1.29 is 5.11 Å². The molecule has 156 valence electrons. The largest absolute Gasteiger partial charge is 0.507 e. The van der Waals surface area contributed by atoms with Gasteiger partial charge in [0.15, 0.2) is 0 Å². The smallest absolute Gasteiger partial charge is 0.128 e. The monoisotopic (exact) mass is 434 g/mol. The maximum atomic E-state index is 11.0. The molecule has 4 aromatic carbocycles. The quantitative estimate of drug-likeness (QED) is 0.308. The van der Waals surface area contributed by atoms with Crippen LogP contribution in [0.5, 0.6) is 5.75 Å². The van der Waals surface area contributed by atoms with Crippen molar-refractivity contribution in [1.29, 1.82) is 0 Å². The average Bonchev–Trinajstić information content (AvgIpc) is 3.23. The Hall–Kier alpha value is -3.63. The minimum Gasteiger partial charge on any atom is -0.507 e. The molecule has 0 atom stereocenters. The van der Waals surface area contributed by atoms with Crippen molar-refractivity contribution in [3.63, 3.8) is 0 Å². The molecule has 0 fully saturated rings. The van der Waals surface area contributed by atoms with Crippen LogP contribution in [0.2, 0.25) is 0 Å². The maximum absolute atomic E-state index is 11.0. The first-order valence-corrected chi connectivity index (χ1v) is 11.5. The summed E-state index contributed by atoms with van der Waals surface area (Å²) in [5.74, 6) is 0.237. The van der Waals surface area contributed by atoms with Crippen molar-refractivity contribution in [2.45, 2.75) is 19.3 Å². The number of benzene rings is 4. The van der Waals surface area contributed by atoms with Gasteiger partial charge in [-0.3, -0.25) is 0 Å². The Balaban J connectivity index is 1.51. The van der Waals surface area contributed by atoms with Crippen molar-refractivity contribution in [2.24, 2.45) is 0 Å². The van der Waals surface area contributed by atoms with Gasteiger partial charge in [0, 0.05) is 17.2 Å². The number of phenolic OH excluding ortho intramolecular Hbond substituents is 1. The van der Waals surface area contributed by atoms with Gasteiger partial charge < -0.3 is 10.0 Å². The molecule has 0 amide bonds. The molecule has 1 aliphatic heterocycles. The Morgan fingerprint density at radius 3 is 2.06 bits per heavy atom. The van der Waals surface area contributed by atoms with Crippen molar-refractivity contribution in [3.05, 3.63) is 102 Å². The summed E-state index contributed by atoms with van der Waals surface area (Å²) in [5, 5.41) is 11.9. The van der Waals surface area contributed by atoms with Crippen LogP contribution < -0.4 is 4.90 Å². The molecule has 4 heteroatoms. The lowest BCUT2D eigenvalue weighted by Crippen LogP contribution is -2.30. The Bertz CT molecular complexity index is 1400. The zero-order valence-corrected chi connectivity index (χ0v) is 18.7. The third-order valence-electron chi connectivity index (χ3n) is 6.40. The van der Waals surface area contributed by atoms with Gasteiger partial charge in [-0.2, -0.15) is 0 Å². The molecule has 0 radical (unpaired) electrons. The number of aromatic nitrogens is 1. The summed E-state index contributed by atoms with van der Waals surface area (Å²) in [6.45, 7) is 4.55. The van der Waals surface area contributed by atoms with Crippen LogP contribution >= 0.6 is 11.3 Å². The van der Waals surface area contributed by atoms with Crippen LogP contribution in [0, 0.1) is 0 Å². The number of aromatic hydroxyl groups is 1. The van der Waals surface area contributed by atoms with Crippen LogP contribution in [0.1, 0.15) is 25.0 Å². The van der Waals surface area contributed by atoms with Gasteiger partial charge in [-0.05, 0) is 47.5 Å². The molecule has 0 saturated heterocycles. The number of hydrogen-bond acceptors (Lipinski definition) is 4. The molecular weight excluding hydrogens is 412 g/mol. The minimum atomic E-state index is -0.104. The fraction of sp³-hybridized carbons (Fsp3) is 0.107. The number of rotatable bonds is 2. The number of phenols is 1. The summed E-state index contributed by atoms with van der Waals surface area (Å²) in [6.07, 6.45) is 0. The van der Waals surface area contributed by atoms with E-state index in [4.69, 9.17) is 4.98 Å². The zero-order valence-electron chi connectivity index (χ0n) is 17.9. The lowest BCUT2D eigenvalue weighted by molar-refractivity contribution is 0.477. The molecule has 0 spiro atoms. The topological polar surface area (TPSA) is 36.4 Å². The number of para-hydroxylation sites is 3. The summed E-state index contributed by atoms with van der Waals surface area (Å²) in [4.78, 5) is 6.97. The highest BCUT2D eigenvalue weighted by Gasteiger charge is 2.36. The van der Waals surface area contributed by atoms with Crippen LogP contribution in [-0.4, -0.2) is 10.1 Å². The van der Waals surface area contributed by atoms with Crippen LogP contribution in [0.3, 0.4) is 0 Å². The molecule has 0 unspecified atom stereocenters. The lowest BCUT2D eigenvalue weighted by atomic mass is 9.73. The van der Waals surface area contributed by atoms with E-state index in [2.05, 4.69) is 79.4 Å². The summed E-state index contributed by atoms with van der Waals surface area (Å²) >= 11 is 1.60. The van der Waals surface area contributed by atoms with Crippen molar-refractivity contribution in [3.8, 4) is 16.3 Å². The summed E-state index contributed by atoms with van der Waals surface area (Å²) in [5.41, 5.74) is 7.37. The minimum absolute atomic E-state index is 0.104. The van der Waals surface area contributed by atoms with E-state index in [1.807, 2.05) is 30.3 Å². The third-order valence-corrected chi connectivity index (χ3v) is 7.47. The molecule has 0 saturated carbocycles. The second-order valence-corrected chi connectivity index (χ2v) is 9.71. The van der Waals surface area contributed by atoms with E-state index in [1.165, 1.54) is 11.1 Å². The molecule has 0 bridgehead atoms. The predicted octanol–water partition coefficient (Wildman–Crippen LogP) is 7.78. The molecule has 6 rings (SSSR count). The standard InChI is InChI=1S/C28H22N2OS/c1-28(2)20-9-3-6-12-23(20)30(24-13-7-4-10-21(24)28)18-15-16-19(25(31)17-18)27-29-22-11-5-8-14-26(22)32-27/h3-17,31H,1-2H3. The van der Waals surface area contributed by atoms with Gasteiger partial charge >= 0.3 is 0 Å². The number of thiazole rings is 1. The average molecular weight is 435 g/mol. The van der Waals surface area contributed by atoms with E-state index >= 15 is 0 Å². The van der Waals surface area contributed by atoms with Gasteiger partial charge in [-0.15, -0.1) is 11.3 Å². The number of nitrogens with zero attached hydrogens (tertiary/aromatic N) is 2. The van der Waals surface area contributed by atoms with Gasteiger partial charge in [-0.25, -0.2) is 4.98 Å². The van der Waals surface area contributed by atoms with Gasteiger partial charge in [0.1, 0.15) is 10.8 Å². The van der Waals surface area contributed by atoms with E-state index in [0.29, 0.717) is 0 Å². The molecule has 5 aromatic rings.